The minimum Gasteiger partial charge on any atom is -1.00 e. The molecule has 74 valence electrons. The maximum atomic E-state index is 10.8. The molecule has 0 aliphatic carbocycles. The summed E-state index contributed by atoms with van der Waals surface area (Å²) in [6.07, 6.45) is 1.53. The van der Waals surface area contributed by atoms with E-state index in [0.717, 1.165) is 5.56 Å². The van der Waals surface area contributed by atoms with Gasteiger partial charge < -0.3 is 1.43 Å². The second-order valence-corrected chi connectivity index (χ2v) is 4.64. The average molecular weight is 240 g/mol. The monoisotopic (exact) mass is 240 g/mol. The van der Waals surface area contributed by atoms with Crippen LogP contribution in [0.1, 0.15) is 26.8 Å². The Morgan fingerprint density at radius 3 is 2.29 bits per heavy atom. The molecule has 1 aromatic heterocycles. The normalized spacial score (nSPS) is 11.1. The summed E-state index contributed by atoms with van der Waals surface area (Å²) in [5.41, 5.74) is 0.993. The Morgan fingerprint density at radius 2 is 2.00 bits per heavy atom. The van der Waals surface area contributed by atoms with Gasteiger partial charge in [0.05, 0.1) is 0 Å². The van der Waals surface area contributed by atoms with E-state index in [0.29, 0.717) is 5.92 Å². The van der Waals surface area contributed by atoms with Gasteiger partial charge in [0.2, 0.25) is 0 Å². The van der Waals surface area contributed by atoms with Crippen molar-refractivity contribution in [2.45, 2.75) is 24.8 Å². The van der Waals surface area contributed by atoms with Crippen molar-refractivity contribution >= 4 is 10.0 Å². The minimum absolute atomic E-state index is 0. The summed E-state index contributed by atoms with van der Waals surface area (Å²) in [6, 6.07) is 3.14. The van der Waals surface area contributed by atoms with E-state index in [1.807, 2.05) is 13.8 Å². The number of aromatic nitrogens is 1. The SMILES string of the molecule is CC(C)c1ccc(S(N)(=O)=O)nc1.[H-].[K+]. The van der Waals surface area contributed by atoms with Crippen LogP contribution in [0.5, 0.6) is 0 Å². The molecule has 0 spiro atoms. The summed E-state index contributed by atoms with van der Waals surface area (Å²) in [5, 5.41) is 4.81. The number of nitrogens with zero attached hydrogens (tertiary/aromatic N) is 1. The number of rotatable bonds is 2. The molecule has 0 atom stereocenters. The van der Waals surface area contributed by atoms with Gasteiger partial charge in [0.1, 0.15) is 0 Å². The van der Waals surface area contributed by atoms with Crippen LogP contribution in [0, 0.1) is 0 Å². The van der Waals surface area contributed by atoms with E-state index in [-0.39, 0.29) is 57.8 Å². The second-order valence-electron chi connectivity index (χ2n) is 3.13. The van der Waals surface area contributed by atoms with Crippen LogP contribution >= 0.6 is 0 Å². The van der Waals surface area contributed by atoms with Crippen LogP contribution in [0.4, 0.5) is 0 Å². The van der Waals surface area contributed by atoms with Crippen molar-refractivity contribution in [3.8, 4) is 0 Å². The summed E-state index contributed by atoms with van der Waals surface area (Å²) in [6.45, 7) is 4.02. The standard InChI is InChI=1S/C8H12N2O2S.K.H/c1-6(2)7-3-4-8(10-5-7)13(9,11)12;;/h3-6H,1-2H3,(H2,9,11,12);;/q;+1;-1. The zero-order chi connectivity index (χ0) is 10.1. The van der Waals surface area contributed by atoms with Gasteiger partial charge >= 0.3 is 51.4 Å². The molecule has 0 amide bonds. The molecule has 1 rings (SSSR count). The van der Waals surface area contributed by atoms with Crippen LogP contribution in [-0.4, -0.2) is 13.4 Å². The molecule has 0 saturated heterocycles. The molecule has 1 aromatic rings. The molecule has 0 bridgehead atoms. The Balaban J connectivity index is 0. The van der Waals surface area contributed by atoms with E-state index in [1.54, 1.807) is 6.07 Å². The molecule has 0 radical (unpaired) electrons. The zero-order valence-corrected chi connectivity index (χ0v) is 12.5. The first-order valence-corrected chi connectivity index (χ1v) is 5.44. The van der Waals surface area contributed by atoms with Gasteiger partial charge in [-0.3, -0.25) is 0 Å². The second kappa shape index (κ2) is 5.69. The summed E-state index contributed by atoms with van der Waals surface area (Å²) in [4.78, 5) is 3.76. The number of hydrogen-bond donors (Lipinski definition) is 1. The topological polar surface area (TPSA) is 73.1 Å². The molecule has 0 aliphatic heterocycles. The molecule has 0 fully saturated rings. The van der Waals surface area contributed by atoms with E-state index in [1.165, 1.54) is 12.3 Å². The van der Waals surface area contributed by atoms with Gasteiger partial charge in [-0.15, -0.1) is 0 Å². The smallest absolute Gasteiger partial charge is 1.00 e. The third-order valence-corrected chi connectivity index (χ3v) is 2.54. The quantitative estimate of drug-likeness (QED) is 0.606. The van der Waals surface area contributed by atoms with Gasteiger partial charge in [0.15, 0.2) is 5.03 Å². The Labute approximate surface area is 128 Å². The van der Waals surface area contributed by atoms with Crippen molar-refractivity contribution in [3.63, 3.8) is 0 Å². The van der Waals surface area contributed by atoms with Crippen LogP contribution in [0.25, 0.3) is 0 Å². The van der Waals surface area contributed by atoms with E-state index >= 15 is 0 Å². The first-order valence-electron chi connectivity index (χ1n) is 3.90. The van der Waals surface area contributed by atoms with Crippen LogP contribution < -0.4 is 56.5 Å². The molecule has 14 heavy (non-hydrogen) atoms. The van der Waals surface area contributed by atoms with Crippen LogP contribution in [-0.2, 0) is 10.0 Å². The fraction of sp³-hybridized carbons (Fsp3) is 0.375. The number of hydrogen-bond acceptors (Lipinski definition) is 3. The third kappa shape index (κ3) is 4.06. The van der Waals surface area contributed by atoms with Crippen molar-refractivity contribution in [2.75, 3.05) is 0 Å². The minimum atomic E-state index is -3.66. The van der Waals surface area contributed by atoms with Crippen molar-refractivity contribution in [2.24, 2.45) is 5.14 Å². The average Bonchev–Trinajstić information content (AvgIpc) is 2.03. The number of sulfonamides is 1. The van der Waals surface area contributed by atoms with Crippen molar-refractivity contribution in [1.29, 1.82) is 0 Å². The van der Waals surface area contributed by atoms with Crippen LogP contribution in [0.2, 0.25) is 0 Å². The fourth-order valence-electron chi connectivity index (χ4n) is 0.902. The van der Waals surface area contributed by atoms with E-state index in [4.69, 9.17) is 5.14 Å². The Kier molecular flexibility index (Phi) is 5.97. The van der Waals surface area contributed by atoms with Gasteiger partial charge in [-0.2, -0.15) is 0 Å². The first kappa shape index (κ1) is 14.7. The van der Waals surface area contributed by atoms with Gasteiger partial charge in [-0.25, -0.2) is 18.5 Å². The number of pyridine rings is 1. The van der Waals surface area contributed by atoms with Crippen LogP contribution in [0.15, 0.2) is 23.4 Å². The number of primary sulfonamides is 1. The van der Waals surface area contributed by atoms with Crippen molar-refractivity contribution < 1.29 is 61.2 Å². The predicted molar refractivity (Wildman–Crippen MR) is 50.8 cm³/mol. The predicted octanol–water partition coefficient (Wildman–Crippen LogP) is -2.03. The first-order chi connectivity index (χ1) is 5.91. The van der Waals surface area contributed by atoms with E-state index in [9.17, 15) is 8.42 Å². The Morgan fingerprint density at radius 1 is 1.43 bits per heavy atom. The summed E-state index contributed by atoms with van der Waals surface area (Å²) >= 11 is 0. The van der Waals surface area contributed by atoms with Gasteiger partial charge in [0.25, 0.3) is 10.0 Å². The van der Waals surface area contributed by atoms with Crippen molar-refractivity contribution in [1.82, 2.24) is 4.98 Å². The molecule has 0 unspecified atom stereocenters. The molecule has 2 N–H and O–H groups in total. The largest absolute Gasteiger partial charge is 1.00 e. The molecule has 1 heterocycles. The molecule has 0 saturated carbocycles. The van der Waals surface area contributed by atoms with E-state index in [2.05, 4.69) is 4.98 Å². The van der Waals surface area contributed by atoms with Crippen molar-refractivity contribution in [3.05, 3.63) is 23.9 Å². The maximum absolute atomic E-state index is 10.8. The maximum Gasteiger partial charge on any atom is 1.00 e. The molecule has 4 nitrogen and oxygen atoms in total. The Bertz CT molecular complexity index is 392. The molecular weight excluding hydrogens is 227 g/mol. The molecule has 0 aliphatic rings. The Hall–Kier alpha value is 0.696. The summed E-state index contributed by atoms with van der Waals surface area (Å²) < 4.78 is 21.7. The summed E-state index contributed by atoms with van der Waals surface area (Å²) in [5.74, 6) is 0.335. The number of nitrogens with two attached hydrogens (primary N) is 1. The van der Waals surface area contributed by atoms with Gasteiger partial charge in [-0.1, -0.05) is 19.9 Å². The molecular formula is C8H13KN2O2S. The summed E-state index contributed by atoms with van der Waals surface area (Å²) in [7, 11) is -3.66. The van der Waals surface area contributed by atoms with E-state index < -0.39 is 10.0 Å². The van der Waals surface area contributed by atoms with Gasteiger partial charge in [-0.05, 0) is 17.5 Å². The van der Waals surface area contributed by atoms with Gasteiger partial charge in [0, 0.05) is 6.20 Å². The molecule has 0 aromatic carbocycles. The third-order valence-electron chi connectivity index (χ3n) is 1.72. The zero-order valence-electron chi connectivity index (χ0n) is 9.56. The molecule has 6 heteroatoms. The fourth-order valence-corrected chi connectivity index (χ4v) is 1.36. The van der Waals surface area contributed by atoms with Crippen LogP contribution in [0.3, 0.4) is 0 Å².